The number of nitrogens with zero attached hydrogens (tertiary/aromatic N) is 1. The lowest BCUT2D eigenvalue weighted by atomic mass is 10.1. The molecular formula is C16H17N3O4. The van der Waals surface area contributed by atoms with E-state index in [1.807, 2.05) is 6.07 Å². The predicted molar refractivity (Wildman–Crippen MR) is 83.5 cm³/mol. The van der Waals surface area contributed by atoms with Crippen LogP contribution in [0, 0.1) is 11.3 Å². The number of nitriles is 1. The molecule has 0 aromatic heterocycles. The molecule has 0 aliphatic rings. The van der Waals surface area contributed by atoms with E-state index in [0.29, 0.717) is 11.1 Å². The van der Waals surface area contributed by atoms with Crippen LogP contribution in [0.25, 0.3) is 5.76 Å². The Bertz CT molecular complexity index is 644. The molecule has 0 saturated carbocycles. The Hall–Kier alpha value is -3.11. The monoisotopic (exact) mass is 315 g/mol. The highest BCUT2D eigenvalue weighted by atomic mass is 16.5. The molecule has 0 spiro atoms. The lowest BCUT2D eigenvalue weighted by Gasteiger charge is -2.11. The molecule has 0 heterocycles. The average Bonchev–Trinajstić information content (AvgIpc) is 2.57. The summed E-state index contributed by atoms with van der Waals surface area (Å²) in [5.74, 6) is -1.11. The van der Waals surface area contributed by atoms with Crippen molar-refractivity contribution < 1.29 is 19.4 Å². The van der Waals surface area contributed by atoms with Crippen LogP contribution in [0.2, 0.25) is 0 Å². The van der Waals surface area contributed by atoms with Gasteiger partial charge in [-0.1, -0.05) is 13.2 Å². The molecule has 1 aromatic carbocycles. The minimum Gasteiger partial charge on any atom is -0.452 e. The van der Waals surface area contributed by atoms with Crippen molar-refractivity contribution in [3.8, 4) is 6.07 Å². The first kappa shape index (κ1) is 17.9. The van der Waals surface area contributed by atoms with Crippen LogP contribution < -0.4 is 10.6 Å². The van der Waals surface area contributed by atoms with Gasteiger partial charge in [0.05, 0.1) is 24.8 Å². The summed E-state index contributed by atoms with van der Waals surface area (Å²) in [6, 6.07) is 8.45. The van der Waals surface area contributed by atoms with Gasteiger partial charge in [-0.3, -0.25) is 9.59 Å². The van der Waals surface area contributed by atoms with Crippen LogP contribution in [-0.2, 0) is 14.3 Å². The molecule has 120 valence electrons. The number of rotatable bonds is 8. The summed E-state index contributed by atoms with van der Waals surface area (Å²) in [6.45, 7) is 6.83. The Kier molecular flexibility index (Phi) is 7.04. The minimum absolute atomic E-state index is 0.113. The Balaban J connectivity index is 2.47. The normalized spacial score (nSPS) is 9.39. The van der Waals surface area contributed by atoms with Crippen molar-refractivity contribution in [1.29, 1.82) is 5.26 Å². The summed E-state index contributed by atoms with van der Waals surface area (Å²) < 4.78 is 5.23. The molecule has 0 bridgehead atoms. The van der Waals surface area contributed by atoms with Gasteiger partial charge < -0.3 is 20.5 Å². The fraction of sp³-hybridized carbons (Fsp3) is 0.188. The number of ether oxygens (including phenoxy) is 1. The number of carbonyl (C=O) groups excluding carboxylic acids is 2. The topological polar surface area (TPSA) is 111 Å². The number of nitrogens with one attached hydrogen (secondary N) is 2. The molecule has 0 atom stereocenters. The number of hydrogen-bond donors (Lipinski definition) is 3. The van der Waals surface area contributed by atoms with Crippen LogP contribution in [0.3, 0.4) is 0 Å². The summed E-state index contributed by atoms with van der Waals surface area (Å²) in [5, 5.41) is 22.0. The van der Waals surface area contributed by atoms with Crippen LogP contribution in [-0.4, -0.2) is 36.6 Å². The fourth-order valence-electron chi connectivity index (χ4n) is 1.50. The van der Waals surface area contributed by atoms with Crippen LogP contribution in [0.4, 0.5) is 0 Å². The molecule has 3 N–H and O–H groups in total. The highest BCUT2D eigenvalue weighted by molar-refractivity contribution is 5.94. The van der Waals surface area contributed by atoms with E-state index in [4.69, 9.17) is 15.1 Å². The van der Waals surface area contributed by atoms with Gasteiger partial charge in [-0.05, 0) is 24.3 Å². The molecule has 1 aromatic rings. The average molecular weight is 315 g/mol. The Morgan fingerprint density at radius 2 is 1.87 bits per heavy atom. The van der Waals surface area contributed by atoms with Crippen molar-refractivity contribution in [3.05, 3.63) is 54.3 Å². The van der Waals surface area contributed by atoms with Gasteiger partial charge >= 0.3 is 0 Å². The van der Waals surface area contributed by atoms with E-state index in [1.54, 1.807) is 24.3 Å². The summed E-state index contributed by atoms with van der Waals surface area (Å²) in [7, 11) is 0. The number of hydrogen-bond acceptors (Lipinski definition) is 5. The summed E-state index contributed by atoms with van der Waals surface area (Å²) >= 11 is 0. The van der Waals surface area contributed by atoms with Gasteiger partial charge in [-0.25, -0.2) is 0 Å². The third-order valence-electron chi connectivity index (χ3n) is 2.68. The molecule has 7 nitrogen and oxygen atoms in total. The number of aliphatic hydroxyl groups is 1. The summed E-state index contributed by atoms with van der Waals surface area (Å²) in [5.41, 5.74) is 1.09. The van der Waals surface area contributed by atoms with Crippen LogP contribution >= 0.6 is 0 Å². The van der Waals surface area contributed by atoms with Crippen LogP contribution in [0.15, 0.2) is 43.2 Å². The number of benzene rings is 1. The lowest BCUT2D eigenvalue weighted by molar-refractivity contribution is -0.125. The highest BCUT2D eigenvalue weighted by Gasteiger charge is 2.12. The maximum atomic E-state index is 11.7. The first-order valence-corrected chi connectivity index (χ1v) is 6.70. The van der Waals surface area contributed by atoms with Gasteiger partial charge in [0, 0.05) is 12.1 Å². The second kappa shape index (κ2) is 9.02. The van der Waals surface area contributed by atoms with E-state index < -0.39 is 11.8 Å². The van der Waals surface area contributed by atoms with Gasteiger partial charge in [-0.2, -0.15) is 5.26 Å². The zero-order valence-electron chi connectivity index (χ0n) is 12.5. The maximum absolute atomic E-state index is 11.7. The van der Waals surface area contributed by atoms with Crippen molar-refractivity contribution in [3.63, 3.8) is 0 Å². The standard InChI is InChI=1S/C16H17N3O4/c1-11(14-5-3-13(9-17)4-6-14)23-12(2)16(22)19-10-15(21)18-7-8-20/h3-6,20H,1-2,7-8,10H2,(H,18,21)(H,19,22). The van der Waals surface area contributed by atoms with Crippen molar-refractivity contribution in [2.24, 2.45) is 0 Å². The van der Waals surface area contributed by atoms with Crippen molar-refractivity contribution in [2.45, 2.75) is 0 Å². The maximum Gasteiger partial charge on any atom is 0.286 e. The Morgan fingerprint density at radius 3 is 2.43 bits per heavy atom. The second-order valence-electron chi connectivity index (χ2n) is 4.39. The third kappa shape index (κ3) is 6.03. The second-order valence-corrected chi connectivity index (χ2v) is 4.39. The summed E-state index contributed by atoms with van der Waals surface area (Å²) in [6.07, 6.45) is 0. The third-order valence-corrected chi connectivity index (χ3v) is 2.68. The quantitative estimate of drug-likeness (QED) is 0.471. The van der Waals surface area contributed by atoms with E-state index in [9.17, 15) is 9.59 Å². The van der Waals surface area contributed by atoms with Gasteiger partial charge in [0.15, 0.2) is 5.76 Å². The number of aliphatic hydroxyl groups excluding tert-OH is 1. The van der Waals surface area contributed by atoms with Crippen LogP contribution in [0.5, 0.6) is 0 Å². The van der Waals surface area contributed by atoms with Crippen molar-refractivity contribution in [2.75, 3.05) is 19.7 Å². The molecule has 7 heteroatoms. The smallest absolute Gasteiger partial charge is 0.286 e. The zero-order chi connectivity index (χ0) is 17.2. The van der Waals surface area contributed by atoms with E-state index in [0.717, 1.165) is 0 Å². The van der Waals surface area contributed by atoms with E-state index in [2.05, 4.69) is 23.8 Å². The first-order chi connectivity index (χ1) is 11.0. The molecule has 0 saturated heterocycles. The van der Waals surface area contributed by atoms with Gasteiger partial charge in [-0.15, -0.1) is 0 Å². The molecular weight excluding hydrogens is 298 g/mol. The van der Waals surface area contributed by atoms with Gasteiger partial charge in [0.1, 0.15) is 5.76 Å². The van der Waals surface area contributed by atoms with Crippen LogP contribution in [0.1, 0.15) is 11.1 Å². The highest BCUT2D eigenvalue weighted by Crippen LogP contribution is 2.17. The van der Waals surface area contributed by atoms with Gasteiger partial charge in [0.2, 0.25) is 5.91 Å². The predicted octanol–water partition coefficient (Wildman–Crippen LogP) is 0.284. The molecule has 2 amide bonds. The first-order valence-electron chi connectivity index (χ1n) is 6.70. The van der Waals surface area contributed by atoms with Gasteiger partial charge in [0.25, 0.3) is 5.91 Å². The minimum atomic E-state index is -0.654. The number of carbonyl (C=O) groups is 2. The number of amides is 2. The van der Waals surface area contributed by atoms with Crippen molar-refractivity contribution in [1.82, 2.24) is 10.6 Å². The zero-order valence-corrected chi connectivity index (χ0v) is 12.5. The molecule has 1 rings (SSSR count). The van der Waals surface area contributed by atoms with E-state index >= 15 is 0 Å². The Labute approximate surface area is 133 Å². The largest absolute Gasteiger partial charge is 0.452 e. The molecule has 0 radical (unpaired) electrons. The molecule has 23 heavy (non-hydrogen) atoms. The molecule has 0 fully saturated rings. The van der Waals surface area contributed by atoms with E-state index in [-0.39, 0.29) is 31.2 Å². The molecule has 0 unspecified atom stereocenters. The lowest BCUT2D eigenvalue weighted by Crippen LogP contribution is -2.38. The summed E-state index contributed by atoms with van der Waals surface area (Å²) in [4.78, 5) is 23.0. The molecule has 0 aliphatic heterocycles. The van der Waals surface area contributed by atoms with Crippen molar-refractivity contribution >= 4 is 17.6 Å². The fourth-order valence-corrected chi connectivity index (χ4v) is 1.50. The SMILES string of the molecule is C=C(OC(=C)c1ccc(C#N)cc1)C(=O)NCC(=O)NCCO. The van der Waals surface area contributed by atoms with E-state index in [1.165, 1.54) is 0 Å². The Morgan fingerprint density at radius 1 is 1.22 bits per heavy atom. The molecule has 0 aliphatic carbocycles.